The predicted molar refractivity (Wildman–Crippen MR) is 98.1 cm³/mol. The third-order valence-corrected chi connectivity index (χ3v) is 4.96. The molecule has 0 radical (unpaired) electrons. The van der Waals surface area contributed by atoms with Crippen LogP contribution < -0.4 is 0 Å². The van der Waals surface area contributed by atoms with Crippen molar-refractivity contribution in [2.75, 3.05) is 13.1 Å². The maximum atomic E-state index is 13.0. The van der Waals surface area contributed by atoms with E-state index >= 15 is 0 Å². The fourth-order valence-corrected chi connectivity index (χ4v) is 3.58. The van der Waals surface area contributed by atoms with Gasteiger partial charge in [0, 0.05) is 30.6 Å². The van der Waals surface area contributed by atoms with Crippen LogP contribution >= 0.6 is 0 Å². The van der Waals surface area contributed by atoms with Crippen molar-refractivity contribution in [3.05, 3.63) is 65.5 Å². The maximum Gasteiger partial charge on any atom is 0.276 e. The molecule has 1 amide bonds. The third kappa shape index (κ3) is 3.12. The van der Waals surface area contributed by atoms with E-state index in [0.717, 1.165) is 23.6 Å². The molecule has 4 rings (SSSR count). The number of aromatic nitrogens is 1. The molecule has 1 atom stereocenters. The van der Waals surface area contributed by atoms with Gasteiger partial charge in [-0.25, -0.2) is 0 Å². The average molecular weight is 348 g/mol. The lowest BCUT2D eigenvalue weighted by Gasteiger charge is -2.31. The van der Waals surface area contributed by atoms with Crippen molar-refractivity contribution in [3.8, 4) is 0 Å². The summed E-state index contributed by atoms with van der Waals surface area (Å²) >= 11 is 0. The predicted octanol–water partition coefficient (Wildman–Crippen LogP) is 3.87. The standard InChI is InChI=1S/C21H20N2O3/c1-14-11-19(22-26-14)21(25)23-10-4-7-18(13-23)20(24)17-9-8-15-5-2-3-6-16(15)12-17/h2-3,5-6,8-9,11-12,18H,4,7,10,13H2,1H3/t18-/m0/s1. The Morgan fingerprint density at radius 3 is 2.69 bits per heavy atom. The molecule has 2 aromatic carbocycles. The van der Waals surface area contributed by atoms with Crippen LogP contribution in [0.4, 0.5) is 0 Å². The Labute approximate surface area is 151 Å². The molecule has 132 valence electrons. The van der Waals surface area contributed by atoms with Gasteiger partial charge < -0.3 is 9.42 Å². The summed E-state index contributed by atoms with van der Waals surface area (Å²) in [4.78, 5) is 27.3. The summed E-state index contributed by atoms with van der Waals surface area (Å²) in [6, 6.07) is 15.4. The number of nitrogens with zero attached hydrogens (tertiary/aromatic N) is 2. The fourth-order valence-electron chi connectivity index (χ4n) is 3.58. The van der Waals surface area contributed by atoms with Crippen molar-refractivity contribution >= 4 is 22.5 Å². The summed E-state index contributed by atoms with van der Waals surface area (Å²) in [5.74, 6) is 0.360. The van der Waals surface area contributed by atoms with Gasteiger partial charge >= 0.3 is 0 Å². The number of Topliss-reactive ketones (excluding diaryl/α,β-unsaturated/α-hetero) is 1. The monoisotopic (exact) mass is 348 g/mol. The van der Waals surface area contributed by atoms with Crippen LogP contribution in [0.3, 0.4) is 0 Å². The third-order valence-electron chi connectivity index (χ3n) is 4.96. The number of amides is 1. The summed E-state index contributed by atoms with van der Waals surface area (Å²) in [5, 5.41) is 5.97. The van der Waals surface area contributed by atoms with Gasteiger partial charge in [-0.3, -0.25) is 9.59 Å². The quantitative estimate of drug-likeness (QED) is 0.674. The van der Waals surface area contributed by atoms with Gasteiger partial charge in [0.05, 0.1) is 0 Å². The minimum absolute atomic E-state index is 0.101. The number of carbonyl (C=O) groups excluding carboxylic acids is 2. The summed E-state index contributed by atoms with van der Waals surface area (Å²) in [7, 11) is 0. The number of ketones is 1. The van der Waals surface area contributed by atoms with Crippen molar-refractivity contribution < 1.29 is 14.1 Å². The van der Waals surface area contributed by atoms with Gasteiger partial charge in [-0.1, -0.05) is 41.6 Å². The lowest BCUT2D eigenvalue weighted by Crippen LogP contribution is -2.42. The lowest BCUT2D eigenvalue weighted by atomic mass is 9.89. The maximum absolute atomic E-state index is 13.0. The first-order valence-corrected chi connectivity index (χ1v) is 8.87. The highest BCUT2D eigenvalue weighted by atomic mass is 16.5. The Hall–Kier alpha value is -2.95. The van der Waals surface area contributed by atoms with E-state index < -0.39 is 0 Å². The van der Waals surface area contributed by atoms with E-state index in [4.69, 9.17) is 4.52 Å². The first-order chi connectivity index (χ1) is 12.6. The largest absolute Gasteiger partial charge is 0.361 e. The first kappa shape index (κ1) is 16.5. The smallest absolute Gasteiger partial charge is 0.276 e. The molecule has 1 saturated heterocycles. The zero-order chi connectivity index (χ0) is 18.1. The lowest BCUT2D eigenvalue weighted by molar-refractivity contribution is 0.0628. The van der Waals surface area contributed by atoms with Gasteiger partial charge in [0.15, 0.2) is 11.5 Å². The van der Waals surface area contributed by atoms with E-state index in [1.807, 2.05) is 42.5 Å². The highest BCUT2D eigenvalue weighted by Crippen LogP contribution is 2.24. The molecule has 1 aromatic heterocycles. The van der Waals surface area contributed by atoms with Gasteiger partial charge in [-0.2, -0.15) is 0 Å². The van der Waals surface area contributed by atoms with Crippen molar-refractivity contribution in [1.82, 2.24) is 10.1 Å². The SMILES string of the molecule is Cc1cc(C(=O)N2CCC[C@H](C(=O)c3ccc4ccccc4c3)C2)no1. The molecule has 0 saturated carbocycles. The van der Waals surface area contributed by atoms with E-state index in [9.17, 15) is 9.59 Å². The minimum atomic E-state index is -0.179. The van der Waals surface area contributed by atoms with Crippen LogP contribution in [0, 0.1) is 12.8 Å². The van der Waals surface area contributed by atoms with Crippen LogP contribution in [0.2, 0.25) is 0 Å². The van der Waals surface area contributed by atoms with E-state index in [-0.39, 0.29) is 17.6 Å². The topological polar surface area (TPSA) is 63.4 Å². The molecular formula is C21H20N2O3. The molecule has 1 aliphatic rings. The van der Waals surface area contributed by atoms with E-state index in [1.54, 1.807) is 17.9 Å². The zero-order valence-electron chi connectivity index (χ0n) is 14.6. The Morgan fingerprint density at radius 2 is 1.92 bits per heavy atom. The molecule has 0 aliphatic carbocycles. The molecular weight excluding hydrogens is 328 g/mol. The molecule has 1 aliphatic heterocycles. The highest BCUT2D eigenvalue weighted by Gasteiger charge is 2.30. The fraction of sp³-hybridized carbons (Fsp3) is 0.286. The van der Waals surface area contributed by atoms with Gasteiger partial charge in [-0.15, -0.1) is 0 Å². The van der Waals surface area contributed by atoms with Crippen molar-refractivity contribution in [2.24, 2.45) is 5.92 Å². The number of likely N-dealkylation sites (tertiary alicyclic amines) is 1. The molecule has 1 fully saturated rings. The highest BCUT2D eigenvalue weighted by molar-refractivity contribution is 6.02. The molecule has 2 heterocycles. The molecule has 5 heteroatoms. The first-order valence-electron chi connectivity index (χ1n) is 8.87. The second kappa shape index (κ2) is 6.75. The number of hydrogen-bond donors (Lipinski definition) is 0. The Bertz CT molecular complexity index is 976. The Kier molecular flexibility index (Phi) is 4.29. The Morgan fingerprint density at radius 1 is 1.12 bits per heavy atom. The molecule has 0 spiro atoms. The molecule has 0 bridgehead atoms. The summed E-state index contributed by atoms with van der Waals surface area (Å²) in [5.41, 5.74) is 1.02. The number of aryl methyl sites for hydroxylation is 1. The Balaban J connectivity index is 1.53. The van der Waals surface area contributed by atoms with Crippen LogP contribution in [0.25, 0.3) is 10.8 Å². The minimum Gasteiger partial charge on any atom is -0.361 e. The van der Waals surface area contributed by atoms with Crippen LogP contribution in [0.1, 0.15) is 39.4 Å². The van der Waals surface area contributed by atoms with E-state index in [2.05, 4.69) is 5.16 Å². The van der Waals surface area contributed by atoms with Gasteiger partial charge in [0.1, 0.15) is 5.76 Å². The summed E-state index contributed by atoms with van der Waals surface area (Å²) in [6.45, 7) is 2.83. The molecule has 5 nitrogen and oxygen atoms in total. The van der Waals surface area contributed by atoms with E-state index in [0.29, 0.717) is 30.1 Å². The van der Waals surface area contributed by atoms with Crippen molar-refractivity contribution in [3.63, 3.8) is 0 Å². The number of piperidine rings is 1. The van der Waals surface area contributed by atoms with Gasteiger partial charge in [0.2, 0.25) is 0 Å². The van der Waals surface area contributed by atoms with Crippen LogP contribution in [0.5, 0.6) is 0 Å². The molecule has 26 heavy (non-hydrogen) atoms. The van der Waals surface area contributed by atoms with Crippen LogP contribution in [-0.2, 0) is 0 Å². The van der Waals surface area contributed by atoms with Crippen LogP contribution in [0.15, 0.2) is 53.1 Å². The number of benzene rings is 2. The normalized spacial score (nSPS) is 17.4. The number of fused-ring (bicyclic) bond motifs is 1. The average Bonchev–Trinajstić information content (AvgIpc) is 3.13. The van der Waals surface area contributed by atoms with Gasteiger partial charge in [0.25, 0.3) is 5.91 Å². The molecule has 3 aromatic rings. The zero-order valence-corrected chi connectivity index (χ0v) is 14.6. The van der Waals surface area contributed by atoms with Crippen molar-refractivity contribution in [2.45, 2.75) is 19.8 Å². The molecule has 0 unspecified atom stereocenters. The van der Waals surface area contributed by atoms with Gasteiger partial charge in [-0.05, 0) is 36.6 Å². The number of carbonyl (C=O) groups is 2. The van der Waals surface area contributed by atoms with Crippen LogP contribution in [-0.4, -0.2) is 34.8 Å². The second-order valence-electron chi connectivity index (χ2n) is 6.84. The second-order valence-corrected chi connectivity index (χ2v) is 6.84. The number of hydrogen-bond acceptors (Lipinski definition) is 4. The molecule has 0 N–H and O–H groups in total. The summed E-state index contributed by atoms with van der Waals surface area (Å²) < 4.78 is 5.00. The van der Waals surface area contributed by atoms with E-state index in [1.165, 1.54) is 0 Å². The summed E-state index contributed by atoms with van der Waals surface area (Å²) in [6.07, 6.45) is 1.61. The van der Waals surface area contributed by atoms with Crippen molar-refractivity contribution in [1.29, 1.82) is 0 Å². The number of rotatable bonds is 3.